The van der Waals surface area contributed by atoms with Crippen molar-refractivity contribution >= 4 is 5.91 Å². The van der Waals surface area contributed by atoms with E-state index in [2.05, 4.69) is 22.8 Å². The summed E-state index contributed by atoms with van der Waals surface area (Å²) >= 11 is 0. The first-order valence-electron chi connectivity index (χ1n) is 7.38. The Morgan fingerprint density at radius 1 is 1.40 bits per heavy atom. The fraction of sp³-hybridized carbons (Fsp3) is 0.562. The lowest BCUT2D eigenvalue weighted by atomic mass is 9.87. The standard InChI is InChI=1S/C16H24N2O2/c1-17-14-8-3-7-13-12(14)6-4-9-15(13)20-11-5-10-16(19)18-2/h4,6,9,14,17H,3,5,7-8,10-11H2,1-2H3,(H,18,19). The molecule has 0 radical (unpaired) electrons. The number of hydrogen-bond acceptors (Lipinski definition) is 3. The second-order valence-electron chi connectivity index (χ2n) is 5.18. The molecule has 20 heavy (non-hydrogen) atoms. The molecule has 0 saturated heterocycles. The molecular weight excluding hydrogens is 252 g/mol. The van der Waals surface area contributed by atoms with E-state index < -0.39 is 0 Å². The molecule has 2 rings (SSSR count). The molecule has 2 N–H and O–H groups in total. The molecule has 0 fully saturated rings. The van der Waals surface area contributed by atoms with Gasteiger partial charge in [-0.15, -0.1) is 0 Å². The fourth-order valence-corrected chi connectivity index (χ4v) is 2.79. The van der Waals surface area contributed by atoms with E-state index >= 15 is 0 Å². The highest BCUT2D eigenvalue weighted by molar-refractivity contribution is 5.75. The van der Waals surface area contributed by atoms with Crippen LogP contribution in [0.5, 0.6) is 5.75 Å². The summed E-state index contributed by atoms with van der Waals surface area (Å²) in [7, 11) is 3.67. The third-order valence-electron chi connectivity index (χ3n) is 3.90. The maximum absolute atomic E-state index is 11.2. The Bertz CT molecular complexity index is 460. The number of nitrogens with one attached hydrogen (secondary N) is 2. The topological polar surface area (TPSA) is 50.4 Å². The van der Waals surface area contributed by atoms with Gasteiger partial charge >= 0.3 is 0 Å². The van der Waals surface area contributed by atoms with Crippen molar-refractivity contribution in [2.75, 3.05) is 20.7 Å². The number of carbonyl (C=O) groups is 1. The summed E-state index contributed by atoms with van der Waals surface area (Å²) in [4.78, 5) is 11.2. The second kappa shape index (κ2) is 7.29. The highest BCUT2D eigenvalue weighted by Gasteiger charge is 2.21. The van der Waals surface area contributed by atoms with Gasteiger partial charge in [-0.1, -0.05) is 12.1 Å². The summed E-state index contributed by atoms with van der Waals surface area (Å²) in [5.74, 6) is 1.05. The van der Waals surface area contributed by atoms with Crippen molar-refractivity contribution < 1.29 is 9.53 Å². The van der Waals surface area contributed by atoms with Crippen LogP contribution in [0.2, 0.25) is 0 Å². The summed E-state index contributed by atoms with van der Waals surface area (Å²) in [6.07, 6.45) is 4.73. The van der Waals surface area contributed by atoms with Gasteiger partial charge in [0.1, 0.15) is 5.75 Å². The summed E-state index contributed by atoms with van der Waals surface area (Å²) in [6, 6.07) is 6.72. The Morgan fingerprint density at radius 2 is 2.25 bits per heavy atom. The highest BCUT2D eigenvalue weighted by Crippen LogP contribution is 2.35. The summed E-state index contributed by atoms with van der Waals surface area (Å²) in [5.41, 5.74) is 2.69. The SMILES string of the molecule is CNC(=O)CCCOc1cccc2c1CCCC2NC. The van der Waals surface area contributed by atoms with E-state index in [-0.39, 0.29) is 5.91 Å². The lowest BCUT2D eigenvalue weighted by Gasteiger charge is -2.26. The average molecular weight is 276 g/mol. The maximum atomic E-state index is 11.2. The molecule has 1 aliphatic rings. The number of amides is 1. The minimum atomic E-state index is 0.0685. The number of hydrogen-bond donors (Lipinski definition) is 2. The Hall–Kier alpha value is -1.55. The van der Waals surface area contributed by atoms with Gasteiger partial charge in [-0.25, -0.2) is 0 Å². The van der Waals surface area contributed by atoms with E-state index in [1.54, 1.807) is 7.05 Å². The van der Waals surface area contributed by atoms with Crippen LogP contribution in [0.4, 0.5) is 0 Å². The quantitative estimate of drug-likeness (QED) is 0.783. The molecule has 0 spiro atoms. The van der Waals surface area contributed by atoms with Crippen LogP contribution >= 0.6 is 0 Å². The van der Waals surface area contributed by atoms with Crippen molar-refractivity contribution in [2.45, 2.75) is 38.1 Å². The molecule has 0 aromatic heterocycles. The van der Waals surface area contributed by atoms with Crippen LogP contribution in [0.15, 0.2) is 18.2 Å². The van der Waals surface area contributed by atoms with Gasteiger partial charge in [-0.2, -0.15) is 0 Å². The zero-order valence-electron chi connectivity index (χ0n) is 12.4. The van der Waals surface area contributed by atoms with Crippen LogP contribution in [0.3, 0.4) is 0 Å². The first-order chi connectivity index (χ1) is 9.76. The number of carbonyl (C=O) groups excluding carboxylic acids is 1. The zero-order valence-corrected chi connectivity index (χ0v) is 12.4. The van der Waals surface area contributed by atoms with Gasteiger partial charge in [0.2, 0.25) is 5.91 Å². The van der Waals surface area contributed by atoms with Crippen LogP contribution in [0, 0.1) is 0 Å². The number of benzene rings is 1. The zero-order chi connectivity index (χ0) is 14.4. The number of fused-ring (bicyclic) bond motifs is 1. The van der Waals surface area contributed by atoms with E-state index in [0.29, 0.717) is 19.1 Å². The molecule has 1 atom stereocenters. The molecule has 0 saturated carbocycles. The van der Waals surface area contributed by atoms with Gasteiger partial charge < -0.3 is 15.4 Å². The maximum Gasteiger partial charge on any atom is 0.219 e. The Kier molecular flexibility index (Phi) is 5.41. The minimum Gasteiger partial charge on any atom is -0.493 e. The molecule has 0 heterocycles. The molecule has 4 nitrogen and oxygen atoms in total. The largest absolute Gasteiger partial charge is 0.493 e. The van der Waals surface area contributed by atoms with E-state index in [1.807, 2.05) is 13.1 Å². The minimum absolute atomic E-state index is 0.0685. The molecule has 1 aliphatic carbocycles. The number of rotatable bonds is 6. The molecule has 1 aromatic carbocycles. The van der Waals surface area contributed by atoms with Crippen LogP contribution in [0.25, 0.3) is 0 Å². The molecule has 1 amide bonds. The van der Waals surface area contributed by atoms with Crippen molar-refractivity contribution in [1.82, 2.24) is 10.6 Å². The van der Waals surface area contributed by atoms with Crippen LogP contribution in [-0.2, 0) is 11.2 Å². The smallest absolute Gasteiger partial charge is 0.219 e. The van der Waals surface area contributed by atoms with E-state index in [4.69, 9.17) is 4.74 Å². The lowest BCUT2D eigenvalue weighted by Crippen LogP contribution is -2.22. The summed E-state index contributed by atoms with van der Waals surface area (Å²) in [6.45, 7) is 0.591. The first kappa shape index (κ1) is 14.9. The predicted molar refractivity (Wildman–Crippen MR) is 80.0 cm³/mol. The molecule has 1 unspecified atom stereocenters. The van der Waals surface area contributed by atoms with Gasteiger partial charge in [0, 0.05) is 19.5 Å². The fourth-order valence-electron chi connectivity index (χ4n) is 2.79. The van der Waals surface area contributed by atoms with E-state index in [1.165, 1.54) is 24.0 Å². The van der Waals surface area contributed by atoms with Gasteiger partial charge in [0.05, 0.1) is 6.61 Å². The Morgan fingerprint density at radius 3 is 3.00 bits per heavy atom. The number of ether oxygens (including phenoxy) is 1. The summed E-state index contributed by atoms with van der Waals surface area (Å²) in [5, 5.41) is 5.99. The van der Waals surface area contributed by atoms with Gasteiger partial charge in [0.15, 0.2) is 0 Å². The molecule has 0 aliphatic heterocycles. The van der Waals surface area contributed by atoms with Gasteiger partial charge in [-0.05, 0) is 49.9 Å². The predicted octanol–water partition coefficient (Wildman–Crippen LogP) is 2.19. The molecule has 4 heteroatoms. The van der Waals surface area contributed by atoms with Crippen LogP contribution < -0.4 is 15.4 Å². The normalized spacial score (nSPS) is 17.4. The van der Waals surface area contributed by atoms with Crippen LogP contribution in [0.1, 0.15) is 42.9 Å². The highest BCUT2D eigenvalue weighted by atomic mass is 16.5. The summed E-state index contributed by atoms with van der Waals surface area (Å²) < 4.78 is 5.88. The van der Waals surface area contributed by atoms with Crippen LogP contribution in [-0.4, -0.2) is 26.6 Å². The Labute approximate surface area is 120 Å². The van der Waals surface area contributed by atoms with Gasteiger partial charge in [-0.3, -0.25) is 4.79 Å². The van der Waals surface area contributed by atoms with Crippen molar-refractivity contribution in [1.29, 1.82) is 0 Å². The molecule has 1 aromatic rings. The van der Waals surface area contributed by atoms with Gasteiger partial charge in [0.25, 0.3) is 0 Å². The van der Waals surface area contributed by atoms with E-state index in [9.17, 15) is 4.79 Å². The molecular formula is C16H24N2O2. The van der Waals surface area contributed by atoms with Crippen molar-refractivity contribution in [3.8, 4) is 5.75 Å². The average Bonchev–Trinajstić information content (AvgIpc) is 2.50. The van der Waals surface area contributed by atoms with Crippen molar-refractivity contribution in [2.24, 2.45) is 0 Å². The monoisotopic (exact) mass is 276 g/mol. The third-order valence-corrected chi connectivity index (χ3v) is 3.90. The Balaban J connectivity index is 1.97. The molecule has 110 valence electrons. The lowest BCUT2D eigenvalue weighted by molar-refractivity contribution is -0.120. The third kappa shape index (κ3) is 3.51. The molecule has 0 bridgehead atoms. The van der Waals surface area contributed by atoms with E-state index in [0.717, 1.165) is 18.6 Å². The second-order valence-corrected chi connectivity index (χ2v) is 5.18. The van der Waals surface area contributed by atoms with Crippen molar-refractivity contribution in [3.63, 3.8) is 0 Å². The first-order valence-corrected chi connectivity index (χ1v) is 7.38. The van der Waals surface area contributed by atoms with Crippen molar-refractivity contribution in [3.05, 3.63) is 29.3 Å².